The van der Waals surface area contributed by atoms with Gasteiger partial charge in [-0.25, -0.2) is 13.1 Å². The summed E-state index contributed by atoms with van der Waals surface area (Å²) in [7, 11) is 0.433. The van der Waals surface area contributed by atoms with Crippen molar-refractivity contribution < 1.29 is 13.2 Å². The van der Waals surface area contributed by atoms with Gasteiger partial charge in [-0.2, -0.15) is 0 Å². The molecule has 0 radical (unpaired) electrons. The maximum atomic E-state index is 12.2. The fourth-order valence-corrected chi connectivity index (χ4v) is 3.30. The van der Waals surface area contributed by atoms with Crippen molar-refractivity contribution >= 4 is 21.6 Å². The van der Waals surface area contributed by atoms with Crippen LogP contribution >= 0.6 is 0 Å². The van der Waals surface area contributed by atoms with Crippen LogP contribution in [0.25, 0.3) is 0 Å². The predicted molar refractivity (Wildman–Crippen MR) is 99.2 cm³/mol. The van der Waals surface area contributed by atoms with Gasteiger partial charge >= 0.3 is 0 Å². The number of hydrogen-bond donors (Lipinski definition) is 2. The van der Waals surface area contributed by atoms with Gasteiger partial charge in [0.1, 0.15) is 0 Å². The van der Waals surface area contributed by atoms with E-state index < -0.39 is 10.0 Å². The van der Waals surface area contributed by atoms with Crippen LogP contribution in [0.15, 0.2) is 53.4 Å². The molecule has 0 saturated carbocycles. The van der Waals surface area contributed by atoms with E-state index in [4.69, 9.17) is 0 Å². The molecular weight excluding hydrogens is 338 g/mol. The zero-order valence-corrected chi connectivity index (χ0v) is 15.4. The first kappa shape index (κ1) is 19.0. The zero-order chi connectivity index (χ0) is 18.4. The molecule has 0 bridgehead atoms. The van der Waals surface area contributed by atoms with E-state index >= 15 is 0 Å². The first-order valence-electron chi connectivity index (χ1n) is 7.97. The number of nitrogens with one attached hydrogen (secondary N) is 2. The van der Waals surface area contributed by atoms with Crippen LogP contribution in [0.4, 0.5) is 5.69 Å². The second-order valence-corrected chi connectivity index (χ2v) is 7.54. The normalized spacial score (nSPS) is 11.2. The molecule has 2 N–H and O–H groups in total. The Morgan fingerprint density at radius 3 is 2.12 bits per heavy atom. The van der Waals surface area contributed by atoms with Crippen molar-refractivity contribution in [2.24, 2.45) is 0 Å². The van der Waals surface area contributed by atoms with Crippen LogP contribution in [0.5, 0.6) is 0 Å². The van der Waals surface area contributed by atoms with Gasteiger partial charge in [0.25, 0.3) is 5.91 Å². The number of carbonyl (C=O) groups is 1. The number of nitrogens with zero attached hydrogens (tertiary/aromatic N) is 1. The predicted octanol–water partition coefficient (Wildman–Crippen LogP) is 1.98. The summed E-state index contributed by atoms with van der Waals surface area (Å²) >= 11 is 0. The lowest BCUT2D eigenvalue weighted by molar-refractivity contribution is 0.0951. The molecule has 0 spiro atoms. The summed E-state index contributed by atoms with van der Waals surface area (Å²) in [5, 5.41) is 2.83. The molecule has 6 nitrogen and oxygen atoms in total. The van der Waals surface area contributed by atoms with E-state index in [1.807, 2.05) is 43.3 Å². The SMILES string of the molecule is CCNS(=O)(=O)c1ccc(C(=O)NCc2ccc(N(C)C)cc2)cc1. The molecular formula is C18H23N3O3S. The van der Waals surface area contributed by atoms with Crippen LogP contribution in [0, 0.1) is 0 Å². The molecule has 0 fully saturated rings. The minimum Gasteiger partial charge on any atom is -0.378 e. The van der Waals surface area contributed by atoms with E-state index in [0.29, 0.717) is 18.7 Å². The van der Waals surface area contributed by atoms with Crippen LogP contribution in [0.3, 0.4) is 0 Å². The van der Waals surface area contributed by atoms with E-state index in [1.54, 1.807) is 6.92 Å². The standard InChI is InChI=1S/C18H23N3O3S/c1-4-20-25(23,24)17-11-7-15(8-12-17)18(22)19-13-14-5-9-16(10-6-14)21(2)3/h5-12,20H,4,13H2,1-3H3,(H,19,22). The Morgan fingerprint density at radius 2 is 1.60 bits per heavy atom. The Balaban J connectivity index is 1.99. The fraction of sp³-hybridized carbons (Fsp3) is 0.278. The largest absolute Gasteiger partial charge is 0.378 e. The minimum absolute atomic E-state index is 0.144. The van der Waals surface area contributed by atoms with Crippen LogP contribution < -0.4 is 14.9 Å². The summed E-state index contributed by atoms with van der Waals surface area (Å²) in [6, 6.07) is 13.8. The molecule has 0 aliphatic rings. The summed E-state index contributed by atoms with van der Waals surface area (Å²) in [4.78, 5) is 14.3. The van der Waals surface area contributed by atoms with Crippen LogP contribution in [0.1, 0.15) is 22.8 Å². The van der Waals surface area contributed by atoms with Gasteiger partial charge in [0.05, 0.1) is 4.90 Å². The number of hydrogen-bond acceptors (Lipinski definition) is 4. The molecule has 134 valence electrons. The van der Waals surface area contributed by atoms with Gasteiger partial charge in [-0.05, 0) is 42.0 Å². The van der Waals surface area contributed by atoms with E-state index in [9.17, 15) is 13.2 Å². The highest BCUT2D eigenvalue weighted by Crippen LogP contribution is 2.13. The van der Waals surface area contributed by atoms with Gasteiger partial charge in [0, 0.05) is 38.4 Å². The second-order valence-electron chi connectivity index (χ2n) is 5.77. The summed E-state index contributed by atoms with van der Waals surface area (Å²) in [5.41, 5.74) is 2.50. The van der Waals surface area contributed by atoms with E-state index in [0.717, 1.165) is 11.3 Å². The molecule has 7 heteroatoms. The molecule has 2 aromatic carbocycles. The first-order chi connectivity index (χ1) is 11.8. The summed E-state index contributed by atoms with van der Waals surface area (Å²) in [6.45, 7) is 2.44. The fourth-order valence-electron chi connectivity index (χ4n) is 2.26. The van der Waals surface area contributed by atoms with Gasteiger partial charge < -0.3 is 10.2 Å². The smallest absolute Gasteiger partial charge is 0.251 e. The van der Waals surface area contributed by atoms with Crippen molar-refractivity contribution in [3.8, 4) is 0 Å². The van der Waals surface area contributed by atoms with E-state index in [1.165, 1.54) is 24.3 Å². The highest BCUT2D eigenvalue weighted by Gasteiger charge is 2.13. The van der Waals surface area contributed by atoms with Crippen LogP contribution in [-0.4, -0.2) is 35.0 Å². The molecule has 0 atom stereocenters. The van der Waals surface area contributed by atoms with Crippen LogP contribution in [-0.2, 0) is 16.6 Å². The minimum atomic E-state index is -3.50. The third-order valence-electron chi connectivity index (χ3n) is 3.67. The molecule has 0 aliphatic heterocycles. The first-order valence-corrected chi connectivity index (χ1v) is 9.46. The van der Waals surface area contributed by atoms with Gasteiger partial charge in [-0.1, -0.05) is 19.1 Å². The lowest BCUT2D eigenvalue weighted by Crippen LogP contribution is -2.24. The maximum absolute atomic E-state index is 12.2. The van der Waals surface area contributed by atoms with Crippen molar-refractivity contribution in [2.45, 2.75) is 18.4 Å². The number of benzene rings is 2. The molecule has 0 unspecified atom stereocenters. The molecule has 0 saturated heterocycles. The molecule has 2 rings (SSSR count). The molecule has 0 heterocycles. The maximum Gasteiger partial charge on any atom is 0.251 e. The van der Waals surface area contributed by atoms with Crippen molar-refractivity contribution in [3.05, 3.63) is 59.7 Å². The zero-order valence-electron chi connectivity index (χ0n) is 14.6. The van der Waals surface area contributed by atoms with Crippen LogP contribution in [0.2, 0.25) is 0 Å². The summed E-state index contributed by atoms with van der Waals surface area (Å²) in [6.07, 6.45) is 0. The lowest BCUT2D eigenvalue weighted by Gasteiger charge is -2.13. The summed E-state index contributed by atoms with van der Waals surface area (Å²) < 4.78 is 26.2. The van der Waals surface area contributed by atoms with E-state index in [2.05, 4.69) is 10.0 Å². The Labute approximate surface area is 148 Å². The van der Waals surface area contributed by atoms with Gasteiger partial charge in [0.2, 0.25) is 10.0 Å². The molecule has 1 amide bonds. The third kappa shape index (κ3) is 5.04. The monoisotopic (exact) mass is 361 g/mol. The number of amides is 1. The van der Waals surface area contributed by atoms with E-state index in [-0.39, 0.29) is 10.8 Å². The quantitative estimate of drug-likeness (QED) is 0.790. The number of rotatable bonds is 7. The number of anilines is 1. The molecule has 2 aromatic rings. The molecule has 0 aromatic heterocycles. The van der Waals surface area contributed by atoms with Gasteiger partial charge in [-0.15, -0.1) is 0 Å². The number of carbonyl (C=O) groups excluding carboxylic acids is 1. The topological polar surface area (TPSA) is 78.5 Å². The Bertz CT molecular complexity index is 814. The lowest BCUT2D eigenvalue weighted by atomic mass is 10.2. The molecule has 25 heavy (non-hydrogen) atoms. The van der Waals surface area contributed by atoms with Gasteiger partial charge in [0.15, 0.2) is 0 Å². The average Bonchev–Trinajstić information content (AvgIpc) is 2.60. The highest BCUT2D eigenvalue weighted by molar-refractivity contribution is 7.89. The Morgan fingerprint density at radius 1 is 1.00 bits per heavy atom. The summed E-state index contributed by atoms with van der Waals surface area (Å²) in [5.74, 6) is -0.246. The average molecular weight is 361 g/mol. The van der Waals surface area contributed by atoms with Crippen molar-refractivity contribution in [2.75, 3.05) is 25.5 Å². The molecule has 0 aliphatic carbocycles. The third-order valence-corrected chi connectivity index (χ3v) is 5.23. The second kappa shape index (κ2) is 8.13. The number of sulfonamides is 1. The Hall–Kier alpha value is -2.38. The van der Waals surface area contributed by atoms with Crippen molar-refractivity contribution in [3.63, 3.8) is 0 Å². The Kier molecular flexibility index (Phi) is 6.17. The van der Waals surface area contributed by atoms with Crippen molar-refractivity contribution in [1.29, 1.82) is 0 Å². The van der Waals surface area contributed by atoms with Gasteiger partial charge in [-0.3, -0.25) is 4.79 Å². The van der Waals surface area contributed by atoms with Crippen molar-refractivity contribution in [1.82, 2.24) is 10.0 Å². The highest BCUT2D eigenvalue weighted by atomic mass is 32.2.